The molecule has 29 heavy (non-hydrogen) atoms. The second kappa shape index (κ2) is 9.01. The van der Waals surface area contributed by atoms with Crippen LogP contribution >= 0.6 is 11.6 Å². The number of hydrogen-bond donors (Lipinski definition) is 1. The van der Waals surface area contributed by atoms with E-state index in [1.807, 2.05) is 12.1 Å². The normalized spacial score (nSPS) is 11.9. The maximum absolute atomic E-state index is 13.1. The molecule has 0 aliphatic rings. The fourth-order valence-corrected chi connectivity index (χ4v) is 4.89. The summed E-state index contributed by atoms with van der Waals surface area (Å²) in [5.74, 6) is 0.249. The molecule has 0 atom stereocenters. The van der Waals surface area contributed by atoms with E-state index in [0.29, 0.717) is 28.4 Å². The summed E-state index contributed by atoms with van der Waals surface area (Å²) in [7, 11) is -3.59. The summed E-state index contributed by atoms with van der Waals surface area (Å²) in [5, 5.41) is 4.08. The average Bonchev–Trinajstić information content (AvgIpc) is 3.03. The van der Waals surface area contributed by atoms with Crippen molar-refractivity contribution in [1.29, 1.82) is 0 Å². The van der Waals surface area contributed by atoms with E-state index in [9.17, 15) is 13.2 Å². The number of nitrogens with zero attached hydrogens (tertiary/aromatic N) is 1. The minimum absolute atomic E-state index is 0.0784. The molecule has 1 heterocycles. The summed E-state index contributed by atoms with van der Waals surface area (Å²) in [6, 6.07) is 14.0. The zero-order chi connectivity index (χ0) is 21.0. The lowest BCUT2D eigenvalue weighted by Gasteiger charge is -2.08. The van der Waals surface area contributed by atoms with Crippen molar-refractivity contribution in [1.82, 2.24) is 9.88 Å². The molecule has 3 rings (SSSR count). The van der Waals surface area contributed by atoms with Crippen molar-refractivity contribution in [3.05, 3.63) is 65.3 Å². The van der Waals surface area contributed by atoms with Crippen molar-refractivity contribution in [3.8, 4) is 0 Å². The van der Waals surface area contributed by atoms with Gasteiger partial charge in [-0.15, -0.1) is 0 Å². The Morgan fingerprint density at radius 1 is 1.10 bits per heavy atom. The van der Waals surface area contributed by atoms with Crippen LogP contribution in [0.1, 0.15) is 25.8 Å². The van der Waals surface area contributed by atoms with Gasteiger partial charge in [-0.05, 0) is 36.1 Å². The predicted molar refractivity (Wildman–Crippen MR) is 117 cm³/mol. The monoisotopic (exact) mass is 432 g/mol. The molecule has 2 aromatic carbocycles. The maximum atomic E-state index is 13.1. The van der Waals surface area contributed by atoms with Crippen molar-refractivity contribution in [3.63, 3.8) is 0 Å². The Balaban J connectivity index is 1.87. The molecule has 1 amide bonds. The molecular formula is C22H25ClN2O3S. The molecule has 0 fully saturated rings. The van der Waals surface area contributed by atoms with Crippen LogP contribution in [-0.4, -0.2) is 25.4 Å². The topological polar surface area (TPSA) is 68.2 Å². The van der Waals surface area contributed by atoms with E-state index in [4.69, 9.17) is 11.6 Å². The van der Waals surface area contributed by atoms with Crippen molar-refractivity contribution in [2.75, 3.05) is 6.54 Å². The average molecular weight is 433 g/mol. The molecule has 0 spiro atoms. The third kappa shape index (κ3) is 5.40. The molecule has 0 radical (unpaired) electrons. The van der Waals surface area contributed by atoms with Crippen LogP contribution < -0.4 is 5.32 Å². The van der Waals surface area contributed by atoms with E-state index in [0.717, 1.165) is 11.9 Å². The summed E-state index contributed by atoms with van der Waals surface area (Å²) in [5.41, 5.74) is 1.39. The molecule has 0 unspecified atom stereocenters. The Labute approximate surface area is 176 Å². The first-order valence-electron chi connectivity index (χ1n) is 9.58. The first-order valence-corrected chi connectivity index (χ1v) is 11.6. The lowest BCUT2D eigenvalue weighted by atomic mass is 10.1. The Bertz CT molecular complexity index is 1100. The lowest BCUT2D eigenvalue weighted by molar-refractivity contribution is -0.121. The Morgan fingerprint density at radius 2 is 1.79 bits per heavy atom. The molecule has 0 bridgehead atoms. The highest BCUT2D eigenvalue weighted by Crippen LogP contribution is 2.28. The van der Waals surface area contributed by atoms with Gasteiger partial charge >= 0.3 is 0 Å². The van der Waals surface area contributed by atoms with Crippen LogP contribution in [0.4, 0.5) is 0 Å². The van der Waals surface area contributed by atoms with Gasteiger partial charge in [0, 0.05) is 28.7 Å². The summed E-state index contributed by atoms with van der Waals surface area (Å²) < 4.78 is 27.9. The SMILES string of the molecule is CC(C)CCNC(=O)Cn1cc(S(=O)(=O)Cc2ccc(Cl)cc2)c2ccccc21. The maximum Gasteiger partial charge on any atom is 0.239 e. The summed E-state index contributed by atoms with van der Waals surface area (Å²) in [4.78, 5) is 12.6. The fourth-order valence-electron chi connectivity index (χ4n) is 3.18. The first-order chi connectivity index (χ1) is 13.8. The Morgan fingerprint density at radius 3 is 2.48 bits per heavy atom. The minimum atomic E-state index is -3.59. The van der Waals surface area contributed by atoms with E-state index in [1.54, 1.807) is 47.2 Å². The highest BCUT2D eigenvalue weighted by atomic mass is 35.5. The summed E-state index contributed by atoms with van der Waals surface area (Å²) in [6.07, 6.45) is 2.47. The van der Waals surface area contributed by atoms with E-state index in [1.165, 1.54) is 0 Å². The smallest absolute Gasteiger partial charge is 0.239 e. The van der Waals surface area contributed by atoms with E-state index in [-0.39, 0.29) is 23.1 Å². The van der Waals surface area contributed by atoms with E-state index < -0.39 is 9.84 Å². The van der Waals surface area contributed by atoms with Crippen LogP contribution in [0.25, 0.3) is 10.9 Å². The summed E-state index contributed by atoms with van der Waals surface area (Å²) >= 11 is 5.89. The molecule has 0 saturated heterocycles. The zero-order valence-electron chi connectivity index (χ0n) is 16.6. The van der Waals surface area contributed by atoms with Crippen molar-refractivity contribution < 1.29 is 13.2 Å². The van der Waals surface area contributed by atoms with Gasteiger partial charge in [0.15, 0.2) is 9.84 Å². The number of rotatable bonds is 8. The van der Waals surface area contributed by atoms with Crippen LogP contribution in [0.15, 0.2) is 59.6 Å². The number of hydrogen-bond acceptors (Lipinski definition) is 3. The predicted octanol–water partition coefficient (Wildman–Crippen LogP) is 4.43. The number of halogens is 1. The number of amides is 1. The van der Waals surface area contributed by atoms with Crippen LogP contribution in [0.3, 0.4) is 0 Å². The fraction of sp³-hybridized carbons (Fsp3) is 0.318. The number of nitrogens with one attached hydrogen (secondary N) is 1. The second-order valence-corrected chi connectivity index (χ2v) is 9.95. The standard InChI is InChI=1S/C22H25ClN2O3S/c1-16(2)11-12-24-22(26)14-25-13-21(19-5-3-4-6-20(19)25)29(27,28)15-17-7-9-18(23)10-8-17/h3-10,13,16H,11-12,14-15H2,1-2H3,(H,24,26). The summed E-state index contributed by atoms with van der Waals surface area (Å²) in [6.45, 7) is 4.89. The van der Waals surface area contributed by atoms with Crippen molar-refractivity contribution >= 4 is 38.2 Å². The van der Waals surface area contributed by atoms with Gasteiger partial charge in [-0.25, -0.2) is 8.42 Å². The number of aromatic nitrogens is 1. The highest BCUT2D eigenvalue weighted by molar-refractivity contribution is 7.90. The van der Waals surface area contributed by atoms with E-state index in [2.05, 4.69) is 19.2 Å². The molecule has 7 heteroatoms. The molecule has 1 N–H and O–H groups in total. The van der Waals surface area contributed by atoms with Gasteiger partial charge in [-0.1, -0.05) is 55.8 Å². The molecule has 0 saturated carbocycles. The number of fused-ring (bicyclic) bond motifs is 1. The van der Waals surface area contributed by atoms with Gasteiger partial charge in [-0.2, -0.15) is 0 Å². The molecule has 5 nitrogen and oxygen atoms in total. The quantitative estimate of drug-likeness (QED) is 0.572. The molecule has 1 aromatic heterocycles. The second-order valence-electron chi connectivity index (χ2n) is 7.56. The zero-order valence-corrected chi connectivity index (χ0v) is 18.1. The highest BCUT2D eigenvalue weighted by Gasteiger charge is 2.22. The third-order valence-electron chi connectivity index (χ3n) is 4.71. The van der Waals surface area contributed by atoms with Gasteiger partial charge in [0.05, 0.1) is 10.6 Å². The molecule has 0 aliphatic carbocycles. The molecular weight excluding hydrogens is 408 g/mol. The number of benzene rings is 2. The van der Waals surface area contributed by atoms with Gasteiger partial charge in [0.25, 0.3) is 0 Å². The van der Waals surface area contributed by atoms with Crippen molar-refractivity contribution in [2.24, 2.45) is 5.92 Å². The van der Waals surface area contributed by atoms with Gasteiger partial charge in [-0.3, -0.25) is 4.79 Å². The molecule has 154 valence electrons. The molecule has 0 aliphatic heterocycles. The number of carbonyl (C=O) groups is 1. The first kappa shape index (κ1) is 21.4. The minimum Gasteiger partial charge on any atom is -0.355 e. The van der Waals surface area contributed by atoms with Gasteiger partial charge < -0.3 is 9.88 Å². The lowest BCUT2D eigenvalue weighted by Crippen LogP contribution is -2.28. The number of carbonyl (C=O) groups excluding carboxylic acids is 1. The van der Waals surface area contributed by atoms with Crippen molar-refractivity contribution in [2.45, 2.75) is 37.5 Å². The van der Waals surface area contributed by atoms with Crippen LogP contribution in [0.2, 0.25) is 5.02 Å². The van der Waals surface area contributed by atoms with Gasteiger partial charge in [0.2, 0.25) is 5.91 Å². The Hall–Kier alpha value is -2.31. The molecule has 3 aromatic rings. The largest absolute Gasteiger partial charge is 0.355 e. The van der Waals surface area contributed by atoms with E-state index >= 15 is 0 Å². The number of para-hydroxylation sites is 1. The Kier molecular flexibility index (Phi) is 6.65. The van der Waals surface area contributed by atoms with Crippen LogP contribution in [-0.2, 0) is 26.9 Å². The third-order valence-corrected chi connectivity index (χ3v) is 6.68. The van der Waals surface area contributed by atoms with Crippen LogP contribution in [0, 0.1) is 5.92 Å². The van der Waals surface area contributed by atoms with Gasteiger partial charge in [0.1, 0.15) is 6.54 Å². The van der Waals surface area contributed by atoms with Crippen LogP contribution in [0.5, 0.6) is 0 Å². The number of sulfone groups is 1.